The Labute approximate surface area is 194 Å². The lowest BCUT2D eigenvalue weighted by molar-refractivity contribution is -0.116. The highest BCUT2D eigenvalue weighted by Gasteiger charge is 2.18. The van der Waals surface area contributed by atoms with Gasteiger partial charge in [-0.05, 0) is 87.6 Å². The lowest BCUT2D eigenvalue weighted by Gasteiger charge is -2.12. The third-order valence-corrected chi connectivity index (χ3v) is 6.26. The molecular formula is C27H30N4O2. The smallest absolute Gasteiger partial charge is 0.224 e. The molecule has 33 heavy (non-hydrogen) atoms. The fraction of sp³-hybridized carbons (Fsp3) is 0.296. The van der Waals surface area contributed by atoms with Gasteiger partial charge in [0.25, 0.3) is 0 Å². The second kappa shape index (κ2) is 9.06. The maximum Gasteiger partial charge on any atom is 0.224 e. The highest BCUT2D eigenvalue weighted by Crippen LogP contribution is 2.29. The number of fused-ring (bicyclic) bond motifs is 1. The molecule has 0 spiro atoms. The number of anilines is 1. The van der Waals surface area contributed by atoms with Crippen LogP contribution in [0.25, 0.3) is 16.7 Å². The summed E-state index contributed by atoms with van der Waals surface area (Å²) in [6.45, 7) is 10.3. The number of nitrogens with zero attached hydrogens (tertiary/aromatic N) is 3. The van der Waals surface area contributed by atoms with Crippen LogP contribution in [0.5, 0.6) is 5.75 Å². The van der Waals surface area contributed by atoms with Crippen LogP contribution in [0.2, 0.25) is 0 Å². The van der Waals surface area contributed by atoms with Crippen LogP contribution in [-0.2, 0) is 11.2 Å². The molecule has 2 aromatic carbocycles. The average molecular weight is 443 g/mol. The van der Waals surface area contributed by atoms with Crippen LogP contribution in [0.1, 0.15) is 40.1 Å². The van der Waals surface area contributed by atoms with Crippen LogP contribution in [0.15, 0.2) is 42.5 Å². The lowest BCUT2D eigenvalue weighted by Crippen LogP contribution is -2.13. The first-order valence-electron chi connectivity index (χ1n) is 11.2. The molecule has 2 aromatic heterocycles. The van der Waals surface area contributed by atoms with Gasteiger partial charge in [0.15, 0.2) is 5.65 Å². The molecule has 0 saturated carbocycles. The first-order valence-corrected chi connectivity index (χ1v) is 11.2. The minimum Gasteiger partial charge on any atom is -0.497 e. The van der Waals surface area contributed by atoms with E-state index in [1.807, 2.05) is 42.8 Å². The average Bonchev–Trinajstić information content (AvgIpc) is 3.11. The van der Waals surface area contributed by atoms with Gasteiger partial charge >= 0.3 is 0 Å². The molecular weight excluding hydrogens is 412 g/mol. The number of aryl methyl sites for hydroxylation is 5. The van der Waals surface area contributed by atoms with Crippen LogP contribution in [0, 0.1) is 34.6 Å². The van der Waals surface area contributed by atoms with Crippen molar-refractivity contribution in [2.75, 3.05) is 12.4 Å². The van der Waals surface area contributed by atoms with Gasteiger partial charge in [0.1, 0.15) is 5.75 Å². The number of rotatable bonds is 6. The van der Waals surface area contributed by atoms with Crippen molar-refractivity contribution in [3.05, 3.63) is 76.1 Å². The molecule has 0 aliphatic heterocycles. The number of methoxy groups -OCH3 is 1. The zero-order chi connectivity index (χ0) is 23.7. The molecule has 0 atom stereocenters. The summed E-state index contributed by atoms with van der Waals surface area (Å²) < 4.78 is 7.15. The summed E-state index contributed by atoms with van der Waals surface area (Å²) in [6, 6.07) is 13.7. The third-order valence-electron chi connectivity index (χ3n) is 6.26. The summed E-state index contributed by atoms with van der Waals surface area (Å²) in [6.07, 6.45) is 0.987. The summed E-state index contributed by atoms with van der Waals surface area (Å²) in [7, 11) is 1.61. The number of carbonyl (C=O) groups excluding carboxylic acids is 1. The fourth-order valence-electron chi connectivity index (χ4n) is 4.27. The summed E-state index contributed by atoms with van der Waals surface area (Å²) in [4.78, 5) is 17.5. The predicted molar refractivity (Wildman–Crippen MR) is 132 cm³/mol. The molecule has 6 nitrogen and oxygen atoms in total. The fourth-order valence-corrected chi connectivity index (χ4v) is 4.27. The van der Waals surface area contributed by atoms with Gasteiger partial charge in [-0.25, -0.2) is 9.67 Å². The summed E-state index contributed by atoms with van der Waals surface area (Å²) in [5.41, 5.74) is 9.18. The number of nitrogens with one attached hydrogen (secondary N) is 1. The zero-order valence-corrected chi connectivity index (χ0v) is 20.1. The largest absolute Gasteiger partial charge is 0.497 e. The minimum absolute atomic E-state index is 0.0373. The molecule has 1 N–H and O–H groups in total. The first kappa shape index (κ1) is 22.5. The van der Waals surface area contributed by atoms with E-state index in [9.17, 15) is 4.79 Å². The van der Waals surface area contributed by atoms with Crippen molar-refractivity contribution in [1.82, 2.24) is 14.8 Å². The molecule has 4 rings (SSSR count). The number of benzene rings is 2. The molecule has 0 aliphatic carbocycles. The Morgan fingerprint density at radius 3 is 2.52 bits per heavy atom. The van der Waals surface area contributed by atoms with Gasteiger partial charge in [-0.15, -0.1) is 0 Å². The molecule has 2 heterocycles. The topological polar surface area (TPSA) is 69.0 Å². The van der Waals surface area contributed by atoms with Gasteiger partial charge < -0.3 is 10.1 Å². The van der Waals surface area contributed by atoms with Gasteiger partial charge in [-0.3, -0.25) is 4.79 Å². The van der Waals surface area contributed by atoms with Crippen LogP contribution in [0.3, 0.4) is 0 Å². The Balaban J connectivity index is 1.60. The van der Waals surface area contributed by atoms with E-state index in [-0.39, 0.29) is 5.91 Å². The normalized spacial score (nSPS) is 11.1. The third kappa shape index (κ3) is 4.46. The monoisotopic (exact) mass is 442 g/mol. The Morgan fingerprint density at radius 1 is 1.00 bits per heavy atom. The number of carbonyl (C=O) groups is 1. The molecule has 4 aromatic rings. The van der Waals surface area contributed by atoms with Crippen molar-refractivity contribution >= 4 is 22.6 Å². The van der Waals surface area contributed by atoms with Gasteiger partial charge in [0.2, 0.25) is 5.91 Å². The molecule has 0 aliphatic rings. The maximum atomic E-state index is 12.6. The van der Waals surface area contributed by atoms with Crippen LogP contribution >= 0.6 is 0 Å². The van der Waals surface area contributed by atoms with Crippen LogP contribution in [-0.4, -0.2) is 27.8 Å². The highest BCUT2D eigenvalue weighted by atomic mass is 16.5. The number of pyridine rings is 1. The van der Waals surface area contributed by atoms with Crippen molar-refractivity contribution in [3.8, 4) is 11.4 Å². The van der Waals surface area contributed by atoms with Gasteiger partial charge in [-0.1, -0.05) is 12.1 Å². The van der Waals surface area contributed by atoms with E-state index in [0.29, 0.717) is 18.6 Å². The van der Waals surface area contributed by atoms with Crippen LogP contribution in [0.4, 0.5) is 5.69 Å². The summed E-state index contributed by atoms with van der Waals surface area (Å²) >= 11 is 0. The summed E-state index contributed by atoms with van der Waals surface area (Å²) in [5, 5.41) is 8.82. The Morgan fingerprint density at radius 2 is 1.79 bits per heavy atom. The Hall–Kier alpha value is -3.67. The second-order valence-electron chi connectivity index (χ2n) is 8.55. The van der Waals surface area contributed by atoms with E-state index in [0.717, 1.165) is 44.9 Å². The highest BCUT2D eigenvalue weighted by molar-refractivity contribution is 5.91. The van der Waals surface area contributed by atoms with Crippen molar-refractivity contribution in [3.63, 3.8) is 0 Å². The SMILES string of the molecule is COc1cccc(NC(=O)CCc2c(C)nc3c(c(C)nn3-c3ccc(C)c(C)c3)c2C)c1. The Kier molecular flexibility index (Phi) is 6.18. The summed E-state index contributed by atoms with van der Waals surface area (Å²) in [5.74, 6) is 0.676. The van der Waals surface area contributed by atoms with E-state index in [1.165, 1.54) is 11.1 Å². The lowest BCUT2D eigenvalue weighted by atomic mass is 9.99. The van der Waals surface area contributed by atoms with E-state index in [4.69, 9.17) is 14.8 Å². The molecule has 0 radical (unpaired) electrons. The van der Waals surface area contributed by atoms with Crippen molar-refractivity contribution in [2.24, 2.45) is 0 Å². The molecule has 170 valence electrons. The van der Waals surface area contributed by atoms with E-state index >= 15 is 0 Å². The maximum absolute atomic E-state index is 12.6. The quantitative estimate of drug-likeness (QED) is 0.425. The Bertz CT molecular complexity index is 1350. The van der Waals surface area contributed by atoms with Crippen molar-refractivity contribution < 1.29 is 9.53 Å². The molecule has 0 unspecified atom stereocenters. The first-order chi connectivity index (χ1) is 15.8. The van der Waals surface area contributed by atoms with Crippen molar-refractivity contribution in [2.45, 2.75) is 47.5 Å². The zero-order valence-electron chi connectivity index (χ0n) is 20.1. The number of hydrogen-bond acceptors (Lipinski definition) is 4. The van der Waals surface area contributed by atoms with Crippen molar-refractivity contribution in [1.29, 1.82) is 0 Å². The minimum atomic E-state index is -0.0373. The number of hydrogen-bond donors (Lipinski definition) is 1. The van der Waals surface area contributed by atoms with E-state index in [2.05, 4.69) is 44.3 Å². The van der Waals surface area contributed by atoms with E-state index < -0.39 is 0 Å². The standard InChI is InChI=1S/C27H30N4O2/c1-16-10-11-22(14-17(16)2)31-27-26(20(5)30-31)18(3)24(19(4)28-27)12-13-25(32)29-21-8-7-9-23(15-21)33-6/h7-11,14-15H,12-13H2,1-6H3,(H,29,32). The van der Waals surface area contributed by atoms with E-state index in [1.54, 1.807) is 7.11 Å². The second-order valence-corrected chi connectivity index (χ2v) is 8.55. The predicted octanol–water partition coefficient (Wildman–Crippen LogP) is 5.54. The van der Waals surface area contributed by atoms with Gasteiger partial charge in [-0.2, -0.15) is 5.10 Å². The number of amides is 1. The van der Waals surface area contributed by atoms with Crippen LogP contribution < -0.4 is 10.1 Å². The number of ether oxygens (including phenoxy) is 1. The van der Waals surface area contributed by atoms with Gasteiger partial charge in [0, 0.05) is 29.3 Å². The molecule has 0 bridgehead atoms. The molecule has 0 saturated heterocycles. The number of aromatic nitrogens is 3. The molecule has 0 fully saturated rings. The molecule has 6 heteroatoms. The van der Waals surface area contributed by atoms with Gasteiger partial charge in [0.05, 0.1) is 18.5 Å². The molecule has 1 amide bonds.